The van der Waals surface area contributed by atoms with Crippen molar-refractivity contribution in [3.63, 3.8) is 0 Å². The number of nitrogens with zero attached hydrogens (tertiary/aromatic N) is 1. The second-order valence-electron chi connectivity index (χ2n) is 7.98. The molecule has 1 fully saturated rings. The Morgan fingerprint density at radius 2 is 1.87 bits per heavy atom. The third kappa shape index (κ3) is 4.87. The van der Waals surface area contributed by atoms with Crippen molar-refractivity contribution >= 4 is 11.8 Å². The zero-order chi connectivity index (χ0) is 21.7. The van der Waals surface area contributed by atoms with Gasteiger partial charge in [0.2, 0.25) is 5.91 Å². The van der Waals surface area contributed by atoms with Crippen LogP contribution in [0.2, 0.25) is 0 Å². The molecule has 1 aliphatic heterocycles. The van der Waals surface area contributed by atoms with Gasteiger partial charge < -0.3 is 15.0 Å². The van der Waals surface area contributed by atoms with Gasteiger partial charge in [-0.1, -0.05) is 43.3 Å². The molecule has 2 aromatic rings. The number of benzene rings is 2. The molecule has 0 aliphatic carbocycles. The highest BCUT2D eigenvalue weighted by Gasteiger charge is 2.45. The Morgan fingerprint density at radius 1 is 1.17 bits per heavy atom. The summed E-state index contributed by atoms with van der Waals surface area (Å²) in [7, 11) is 0. The molecule has 5 nitrogen and oxygen atoms in total. The summed E-state index contributed by atoms with van der Waals surface area (Å²) in [4.78, 5) is 27.3. The number of ether oxygens (including phenoxy) is 1. The van der Waals surface area contributed by atoms with Gasteiger partial charge in [0, 0.05) is 25.4 Å². The summed E-state index contributed by atoms with van der Waals surface area (Å²) in [6, 6.07) is 14.0. The molecule has 0 radical (unpaired) electrons. The third-order valence-electron chi connectivity index (χ3n) is 5.32. The molecule has 0 unspecified atom stereocenters. The monoisotopic (exact) mass is 412 g/mol. The van der Waals surface area contributed by atoms with E-state index >= 15 is 0 Å². The van der Waals surface area contributed by atoms with E-state index in [0.717, 1.165) is 16.7 Å². The van der Waals surface area contributed by atoms with Crippen molar-refractivity contribution in [2.75, 3.05) is 19.7 Å². The van der Waals surface area contributed by atoms with Gasteiger partial charge in [-0.15, -0.1) is 0 Å². The summed E-state index contributed by atoms with van der Waals surface area (Å²) < 4.78 is 19.5. The highest BCUT2D eigenvalue weighted by Crippen LogP contribution is 2.31. The van der Waals surface area contributed by atoms with Gasteiger partial charge in [0.15, 0.2) is 5.60 Å². The van der Waals surface area contributed by atoms with Gasteiger partial charge in [0.05, 0.1) is 13.2 Å². The minimum Gasteiger partial charge on any atom is -0.361 e. The lowest BCUT2D eigenvalue weighted by Crippen LogP contribution is -2.62. The summed E-state index contributed by atoms with van der Waals surface area (Å²) in [6.45, 7) is 6.60. The molecular formula is C24H29FN2O3. The lowest BCUT2D eigenvalue weighted by Gasteiger charge is -2.42. The Balaban J connectivity index is 1.99. The maximum absolute atomic E-state index is 13.4. The number of carbonyl (C=O) groups excluding carboxylic acids is 2. The quantitative estimate of drug-likeness (QED) is 0.789. The molecule has 2 aromatic carbocycles. The van der Waals surface area contributed by atoms with Crippen LogP contribution in [0.25, 0.3) is 11.1 Å². The van der Waals surface area contributed by atoms with Crippen LogP contribution < -0.4 is 5.32 Å². The molecule has 1 atom stereocenters. The molecule has 0 saturated carbocycles. The first-order valence-corrected chi connectivity index (χ1v) is 10.4. The van der Waals surface area contributed by atoms with Gasteiger partial charge in [-0.05, 0) is 42.7 Å². The Hall–Kier alpha value is -2.73. The molecule has 0 aromatic heterocycles. The average Bonchev–Trinajstić information content (AvgIpc) is 2.74. The standard InChI is InChI=1S/C24H29FN2O3/c1-4-22(28)27-13-14-30-24(16-27,23(29)26-17(2)3)15-19-7-5-6-8-21(19)18-9-11-20(25)12-10-18/h5-12,17H,4,13-16H2,1-3H3,(H,26,29)/t24-/m0/s1. The topological polar surface area (TPSA) is 58.6 Å². The Labute approximate surface area is 177 Å². The van der Waals surface area contributed by atoms with E-state index < -0.39 is 5.60 Å². The molecule has 1 saturated heterocycles. The molecule has 160 valence electrons. The van der Waals surface area contributed by atoms with Gasteiger partial charge in [-0.2, -0.15) is 0 Å². The van der Waals surface area contributed by atoms with Gasteiger partial charge in [-0.3, -0.25) is 9.59 Å². The lowest BCUT2D eigenvalue weighted by atomic mass is 9.87. The van der Waals surface area contributed by atoms with Crippen molar-refractivity contribution in [1.82, 2.24) is 10.2 Å². The smallest absolute Gasteiger partial charge is 0.254 e. The summed E-state index contributed by atoms with van der Waals surface area (Å²) in [5, 5.41) is 2.97. The fourth-order valence-electron chi connectivity index (χ4n) is 3.83. The molecule has 0 bridgehead atoms. The van der Waals surface area contributed by atoms with Crippen LogP contribution >= 0.6 is 0 Å². The van der Waals surface area contributed by atoms with E-state index in [2.05, 4.69) is 5.32 Å². The van der Waals surface area contributed by atoms with E-state index in [1.807, 2.05) is 45.0 Å². The summed E-state index contributed by atoms with van der Waals surface area (Å²) in [6.07, 6.45) is 0.695. The van der Waals surface area contributed by atoms with Gasteiger partial charge in [0.1, 0.15) is 5.82 Å². The molecule has 1 heterocycles. The van der Waals surface area contributed by atoms with Crippen molar-refractivity contribution in [3.05, 3.63) is 59.9 Å². The van der Waals surface area contributed by atoms with E-state index in [1.165, 1.54) is 12.1 Å². The Bertz CT molecular complexity index is 898. The van der Waals surface area contributed by atoms with Crippen LogP contribution in [-0.4, -0.2) is 48.1 Å². The van der Waals surface area contributed by atoms with Crippen LogP contribution in [-0.2, 0) is 20.7 Å². The molecule has 3 rings (SSSR count). The van der Waals surface area contributed by atoms with Crippen LogP contribution in [0.4, 0.5) is 4.39 Å². The molecule has 1 aliphatic rings. The van der Waals surface area contributed by atoms with Crippen LogP contribution in [0.5, 0.6) is 0 Å². The van der Waals surface area contributed by atoms with Crippen LogP contribution in [0.15, 0.2) is 48.5 Å². The Morgan fingerprint density at radius 3 is 2.53 bits per heavy atom. The van der Waals surface area contributed by atoms with Gasteiger partial charge in [0.25, 0.3) is 5.91 Å². The summed E-state index contributed by atoms with van der Waals surface area (Å²) in [5.41, 5.74) is 1.51. The van der Waals surface area contributed by atoms with Crippen LogP contribution in [0.3, 0.4) is 0 Å². The van der Waals surface area contributed by atoms with E-state index in [0.29, 0.717) is 26.0 Å². The molecular weight excluding hydrogens is 383 g/mol. The van der Waals surface area contributed by atoms with E-state index in [1.54, 1.807) is 17.0 Å². The predicted molar refractivity (Wildman–Crippen MR) is 114 cm³/mol. The first-order chi connectivity index (χ1) is 14.3. The first kappa shape index (κ1) is 22.0. The first-order valence-electron chi connectivity index (χ1n) is 10.4. The number of amides is 2. The third-order valence-corrected chi connectivity index (χ3v) is 5.32. The van der Waals surface area contributed by atoms with Gasteiger partial charge in [-0.25, -0.2) is 4.39 Å². The number of halogens is 1. The zero-order valence-electron chi connectivity index (χ0n) is 17.8. The van der Waals surface area contributed by atoms with E-state index in [-0.39, 0.29) is 30.2 Å². The normalized spacial score (nSPS) is 19.0. The second-order valence-corrected chi connectivity index (χ2v) is 7.98. The average molecular weight is 413 g/mol. The Kier molecular flexibility index (Phi) is 6.87. The fourth-order valence-corrected chi connectivity index (χ4v) is 3.83. The minimum atomic E-state index is -1.18. The summed E-state index contributed by atoms with van der Waals surface area (Å²) >= 11 is 0. The number of carbonyl (C=O) groups is 2. The molecule has 0 spiro atoms. The van der Waals surface area contributed by atoms with E-state index in [4.69, 9.17) is 4.74 Å². The SMILES string of the molecule is CCC(=O)N1CCO[C@](Cc2ccccc2-c2ccc(F)cc2)(C(=O)NC(C)C)C1. The van der Waals surface area contributed by atoms with Crippen molar-refractivity contribution in [1.29, 1.82) is 0 Å². The van der Waals surface area contributed by atoms with Crippen molar-refractivity contribution in [3.8, 4) is 11.1 Å². The summed E-state index contributed by atoms with van der Waals surface area (Å²) in [5.74, 6) is -0.514. The fraction of sp³-hybridized carbons (Fsp3) is 0.417. The maximum atomic E-state index is 13.4. The second kappa shape index (κ2) is 9.39. The lowest BCUT2D eigenvalue weighted by molar-refractivity contribution is -0.166. The largest absolute Gasteiger partial charge is 0.361 e. The number of rotatable bonds is 6. The van der Waals surface area contributed by atoms with Crippen molar-refractivity contribution in [2.45, 2.75) is 45.3 Å². The molecule has 1 N–H and O–H groups in total. The minimum absolute atomic E-state index is 0.00633. The number of nitrogens with one attached hydrogen (secondary N) is 1. The number of hydrogen-bond acceptors (Lipinski definition) is 3. The zero-order valence-corrected chi connectivity index (χ0v) is 17.8. The highest BCUT2D eigenvalue weighted by molar-refractivity contribution is 5.88. The van der Waals surface area contributed by atoms with Crippen LogP contribution in [0, 0.1) is 5.82 Å². The molecule has 2 amide bonds. The maximum Gasteiger partial charge on any atom is 0.254 e. The van der Waals surface area contributed by atoms with Gasteiger partial charge >= 0.3 is 0 Å². The molecule has 6 heteroatoms. The van der Waals surface area contributed by atoms with Crippen molar-refractivity contribution < 1.29 is 18.7 Å². The number of morpholine rings is 1. The predicted octanol–water partition coefficient (Wildman–Crippen LogP) is 3.57. The van der Waals surface area contributed by atoms with E-state index in [9.17, 15) is 14.0 Å². The van der Waals surface area contributed by atoms with Crippen LogP contribution in [0.1, 0.15) is 32.8 Å². The molecule has 30 heavy (non-hydrogen) atoms. The highest BCUT2D eigenvalue weighted by atomic mass is 19.1. The van der Waals surface area contributed by atoms with Crippen molar-refractivity contribution in [2.24, 2.45) is 0 Å². The number of hydrogen-bond donors (Lipinski definition) is 1.